The molecule has 3 N–H and O–H groups in total. The molecule has 1 heterocycles. The smallest absolute Gasteiger partial charge is 0.312 e. The van der Waals surface area contributed by atoms with E-state index in [1.54, 1.807) is 7.05 Å². The zero-order valence-corrected chi connectivity index (χ0v) is 9.03. The van der Waals surface area contributed by atoms with Crippen LogP contribution >= 0.6 is 0 Å². The summed E-state index contributed by atoms with van der Waals surface area (Å²) in [5.41, 5.74) is -0.894. The summed E-state index contributed by atoms with van der Waals surface area (Å²) in [5, 5.41) is 21.7. The molecule has 0 aromatic heterocycles. The standard InChI is InChI=1S/C10H19NO4/c1-11-6-8(12)5-10(9(13)14)3-2-4-15-7-10/h8,11-12H,2-7H2,1H3,(H,13,14)/t8-,10-/m0/s1. The summed E-state index contributed by atoms with van der Waals surface area (Å²) in [5.74, 6) is -0.864. The molecule has 0 amide bonds. The Morgan fingerprint density at radius 3 is 2.87 bits per heavy atom. The Labute approximate surface area is 89.4 Å². The first-order valence-corrected chi connectivity index (χ1v) is 5.24. The van der Waals surface area contributed by atoms with Gasteiger partial charge in [0.25, 0.3) is 0 Å². The van der Waals surface area contributed by atoms with Gasteiger partial charge in [-0.2, -0.15) is 0 Å². The van der Waals surface area contributed by atoms with Crippen LogP contribution in [0.25, 0.3) is 0 Å². The fraction of sp³-hybridized carbons (Fsp3) is 0.900. The molecule has 0 unspecified atom stereocenters. The van der Waals surface area contributed by atoms with Gasteiger partial charge in [0.2, 0.25) is 0 Å². The number of carbonyl (C=O) groups is 1. The Balaban J connectivity index is 2.60. The third kappa shape index (κ3) is 3.15. The van der Waals surface area contributed by atoms with E-state index in [4.69, 9.17) is 4.74 Å². The van der Waals surface area contributed by atoms with Gasteiger partial charge in [-0.15, -0.1) is 0 Å². The molecule has 88 valence electrons. The molecule has 5 heteroatoms. The fourth-order valence-electron chi connectivity index (χ4n) is 2.03. The summed E-state index contributed by atoms with van der Waals surface area (Å²) in [6.45, 7) is 1.25. The first-order valence-electron chi connectivity index (χ1n) is 5.24. The minimum absolute atomic E-state index is 0.211. The third-order valence-electron chi connectivity index (χ3n) is 2.84. The molecule has 15 heavy (non-hydrogen) atoms. The van der Waals surface area contributed by atoms with Gasteiger partial charge in [-0.1, -0.05) is 0 Å². The highest BCUT2D eigenvalue weighted by molar-refractivity contribution is 5.75. The maximum absolute atomic E-state index is 11.2. The molecule has 0 aromatic rings. The number of aliphatic hydroxyl groups is 1. The van der Waals surface area contributed by atoms with Crippen molar-refractivity contribution in [3.05, 3.63) is 0 Å². The fourth-order valence-corrected chi connectivity index (χ4v) is 2.03. The second kappa shape index (κ2) is 5.44. The summed E-state index contributed by atoms with van der Waals surface area (Å²) in [4.78, 5) is 11.2. The van der Waals surface area contributed by atoms with Gasteiger partial charge in [0, 0.05) is 13.2 Å². The zero-order valence-electron chi connectivity index (χ0n) is 9.03. The quantitative estimate of drug-likeness (QED) is 0.596. The Hall–Kier alpha value is -0.650. The van der Waals surface area contributed by atoms with Crippen molar-refractivity contribution >= 4 is 5.97 Å². The highest BCUT2D eigenvalue weighted by Crippen LogP contribution is 2.33. The Morgan fingerprint density at radius 1 is 1.67 bits per heavy atom. The second-order valence-corrected chi connectivity index (χ2v) is 4.16. The highest BCUT2D eigenvalue weighted by atomic mass is 16.5. The number of carboxylic acids is 1. The van der Waals surface area contributed by atoms with Crippen LogP contribution in [-0.4, -0.2) is 49.1 Å². The lowest BCUT2D eigenvalue weighted by molar-refractivity contribution is -0.160. The first-order chi connectivity index (χ1) is 7.10. The van der Waals surface area contributed by atoms with Crippen molar-refractivity contribution in [2.45, 2.75) is 25.4 Å². The van der Waals surface area contributed by atoms with Crippen LogP contribution in [0, 0.1) is 5.41 Å². The predicted molar refractivity (Wildman–Crippen MR) is 54.7 cm³/mol. The van der Waals surface area contributed by atoms with Gasteiger partial charge in [-0.25, -0.2) is 0 Å². The minimum atomic E-state index is -0.894. The van der Waals surface area contributed by atoms with E-state index >= 15 is 0 Å². The lowest BCUT2D eigenvalue weighted by Crippen LogP contribution is -2.43. The van der Waals surface area contributed by atoms with E-state index in [1.807, 2.05) is 0 Å². The van der Waals surface area contributed by atoms with Gasteiger partial charge >= 0.3 is 5.97 Å². The van der Waals surface area contributed by atoms with E-state index in [0.29, 0.717) is 19.6 Å². The van der Waals surface area contributed by atoms with Crippen molar-refractivity contribution in [3.63, 3.8) is 0 Å². The molecule has 1 fully saturated rings. The van der Waals surface area contributed by atoms with Crippen molar-refractivity contribution in [2.24, 2.45) is 5.41 Å². The van der Waals surface area contributed by atoms with Gasteiger partial charge in [0.1, 0.15) is 0 Å². The molecule has 2 atom stereocenters. The Bertz CT molecular complexity index is 213. The molecule has 1 aliphatic rings. The van der Waals surface area contributed by atoms with E-state index in [9.17, 15) is 15.0 Å². The van der Waals surface area contributed by atoms with Gasteiger partial charge in [-0.3, -0.25) is 4.79 Å². The van der Waals surface area contributed by atoms with Crippen LogP contribution in [0.3, 0.4) is 0 Å². The summed E-state index contributed by atoms with van der Waals surface area (Å²) in [7, 11) is 1.73. The molecule has 0 saturated carbocycles. The molecular formula is C10H19NO4. The number of aliphatic carboxylic acids is 1. The molecule has 0 bridgehead atoms. The number of hydrogen-bond donors (Lipinski definition) is 3. The summed E-state index contributed by atoms with van der Waals surface area (Å²) in [6, 6.07) is 0. The molecule has 0 aliphatic carbocycles. The molecule has 1 saturated heterocycles. The van der Waals surface area contributed by atoms with E-state index in [2.05, 4.69) is 5.32 Å². The maximum Gasteiger partial charge on any atom is 0.312 e. The minimum Gasteiger partial charge on any atom is -0.481 e. The number of aliphatic hydroxyl groups excluding tert-OH is 1. The van der Waals surface area contributed by atoms with Crippen LogP contribution in [0.2, 0.25) is 0 Å². The Kier molecular flexibility index (Phi) is 4.50. The zero-order chi connectivity index (χ0) is 11.3. The number of carboxylic acid groups (broad SMARTS) is 1. The van der Waals surface area contributed by atoms with Gasteiger partial charge in [0.15, 0.2) is 0 Å². The van der Waals surface area contributed by atoms with E-state index in [0.717, 1.165) is 6.42 Å². The van der Waals surface area contributed by atoms with Crippen LogP contribution in [0.5, 0.6) is 0 Å². The van der Waals surface area contributed by atoms with Crippen molar-refractivity contribution in [2.75, 3.05) is 26.8 Å². The van der Waals surface area contributed by atoms with Crippen molar-refractivity contribution in [1.29, 1.82) is 0 Å². The van der Waals surface area contributed by atoms with E-state index in [-0.39, 0.29) is 13.0 Å². The average Bonchev–Trinajstić information content (AvgIpc) is 2.19. The third-order valence-corrected chi connectivity index (χ3v) is 2.84. The Morgan fingerprint density at radius 2 is 2.40 bits per heavy atom. The molecular weight excluding hydrogens is 198 g/mol. The number of likely N-dealkylation sites (N-methyl/N-ethyl adjacent to an activating group) is 1. The highest BCUT2D eigenvalue weighted by Gasteiger charge is 2.41. The molecule has 0 aromatic carbocycles. The SMILES string of the molecule is CNC[C@@H](O)C[C@@]1(C(=O)O)CCCOC1. The molecule has 0 radical (unpaired) electrons. The van der Waals surface area contributed by atoms with Crippen LogP contribution in [0.4, 0.5) is 0 Å². The molecule has 1 aliphatic heterocycles. The molecule has 0 spiro atoms. The molecule has 5 nitrogen and oxygen atoms in total. The lowest BCUT2D eigenvalue weighted by Gasteiger charge is -2.34. The monoisotopic (exact) mass is 217 g/mol. The van der Waals surface area contributed by atoms with Gasteiger partial charge in [0.05, 0.1) is 18.1 Å². The average molecular weight is 217 g/mol. The number of hydrogen-bond acceptors (Lipinski definition) is 4. The topological polar surface area (TPSA) is 78.8 Å². The number of rotatable bonds is 5. The van der Waals surface area contributed by atoms with Crippen LogP contribution in [0.1, 0.15) is 19.3 Å². The second-order valence-electron chi connectivity index (χ2n) is 4.16. The van der Waals surface area contributed by atoms with Crippen LogP contribution in [0.15, 0.2) is 0 Å². The normalized spacial score (nSPS) is 28.7. The van der Waals surface area contributed by atoms with Crippen LogP contribution < -0.4 is 5.32 Å². The number of nitrogens with one attached hydrogen (secondary N) is 1. The first kappa shape index (κ1) is 12.4. The van der Waals surface area contributed by atoms with Crippen molar-refractivity contribution in [3.8, 4) is 0 Å². The van der Waals surface area contributed by atoms with Crippen molar-refractivity contribution < 1.29 is 19.7 Å². The summed E-state index contributed by atoms with van der Waals surface area (Å²) < 4.78 is 5.21. The lowest BCUT2D eigenvalue weighted by atomic mass is 9.78. The van der Waals surface area contributed by atoms with Gasteiger partial charge in [-0.05, 0) is 26.3 Å². The molecule has 1 rings (SSSR count). The van der Waals surface area contributed by atoms with Gasteiger partial charge < -0.3 is 20.3 Å². The van der Waals surface area contributed by atoms with Crippen molar-refractivity contribution in [1.82, 2.24) is 5.32 Å². The summed E-state index contributed by atoms with van der Waals surface area (Å²) >= 11 is 0. The predicted octanol–water partition coefficient (Wildman–Crippen LogP) is -0.162. The largest absolute Gasteiger partial charge is 0.481 e. The maximum atomic E-state index is 11.2. The van der Waals surface area contributed by atoms with E-state index < -0.39 is 17.5 Å². The number of ether oxygens (including phenoxy) is 1. The summed E-state index contributed by atoms with van der Waals surface area (Å²) in [6.07, 6.45) is 0.956. The van der Waals surface area contributed by atoms with Crippen LogP contribution in [-0.2, 0) is 9.53 Å². The van der Waals surface area contributed by atoms with E-state index in [1.165, 1.54) is 0 Å².